The number of ether oxygens (including phenoxy) is 1. The number of amides is 1. The largest absolute Gasteiger partial charge is 0.495 e. The van der Waals surface area contributed by atoms with Gasteiger partial charge in [-0.15, -0.1) is 0 Å². The number of hydrogen-bond acceptors (Lipinski definition) is 5. The first-order valence-corrected chi connectivity index (χ1v) is 8.13. The molecule has 3 aromatic rings. The fourth-order valence-corrected chi connectivity index (χ4v) is 2.73. The Hall–Kier alpha value is -2.57. The van der Waals surface area contributed by atoms with Gasteiger partial charge in [-0.1, -0.05) is 18.2 Å². The summed E-state index contributed by atoms with van der Waals surface area (Å²) in [6.45, 7) is 2.02. The molecule has 0 radical (unpaired) electrons. The van der Waals surface area contributed by atoms with Gasteiger partial charge in [-0.05, 0) is 26.1 Å². The molecule has 1 heterocycles. The summed E-state index contributed by atoms with van der Waals surface area (Å²) in [5.74, 6) is 0.391. The number of anilines is 1. The summed E-state index contributed by atoms with van der Waals surface area (Å²) >= 11 is 0. The molecular weight excluding hydrogens is 320 g/mol. The highest BCUT2D eigenvalue weighted by molar-refractivity contribution is 6.07. The Balaban J connectivity index is 1.90. The third kappa shape index (κ3) is 3.45. The minimum Gasteiger partial charge on any atom is -0.495 e. The van der Waals surface area contributed by atoms with Gasteiger partial charge in [0, 0.05) is 22.9 Å². The lowest BCUT2D eigenvalue weighted by molar-refractivity contribution is -0.117. The van der Waals surface area contributed by atoms with Gasteiger partial charge in [0.1, 0.15) is 16.9 Å². The molecule has 3 rings (SSSR count). The van der Waals surface area contributed by atoms with Crippen LogP contribution < -0.4 is 10.1 Å². The standard InChI is InChI=1S/C19H22N2O4/c1-12(11-22)21(2)10-19(23)20-15-9-17-14(8-18(15)24-3)13-6-4-5-7-16(13)25-17/h4-9,12,22H,10-11H2,1-3H3,(H,20,23). The number of nitrogens with one attached hydrogen (secondary N) is 1. The Labute approximate surface area is 146 Å². The van der Waals surface area contributed by atoms with Gasteiger partial charge >= 0.3 is 0 Å². The second-order valence-corrected chi connectivity index (χ2v) is 6.14. The lowest BCUT2D eigenvalue weighted by Crippen LogP contribution is -2.38. The summed E-state index contributed by atoms with van der Waals surface area (Å²) in [4.78, 5) is 14.1. The van der Waals surface area contributed by atoms with Crippen LogP contribution in [0.4, 0.5) is 5.69 Å². The lowest BCUT2D eigenvalue weighted by atomic mass is 10.1. The second-order valence-electron chi connectivity index (χ2n) is 6.14. The number of aliphatic hydroxyl groups is 1. The van der Waals surface area contributed by atoms with Gasteiger partial charge in [-0.3, -0.25) is 9.69 Å². The van der Waals surface area contributed by atoms with Crippen molar-refractivity contribution in [3.05, 3.63) is 36.4 Å². The number of hydrogen-bond donors (Lipinski definition) is 2. The lowest BCUT2D eigenvalue weighted by Gasteiger charge is -2.22. The van der Waals surface area contributed by atoms with Gasteiger partial charge in [0.2, 0.25) is 5.91 Å². The maximum atomic E-state index is 12.3. The van der Waals surface area contributed by atoms with Gasteiger partial charge < -0.3 is 19.6 Å². The normalized spacial score (nSPS) is 12.7. The van der Waals surface area contributed by atoms with Crippen molar-refractivity contribution < 1.29 is 19.1 Å². The van der Waals surface area contributed by atoms with Crippen molar-refractivity contribution in [2.45, 2.75) is 13.0 Å². The molecule has 0 aliphatic heterocycles. The number of benzene rings is 2. The summed E-state index contributed by atoms with van der Waals surface area (Å²) in [5.41, 5.74) is 2.04. The van der Waals surface area contributed by atoms with E-state index in [9.17, 15) is 9.90 Å². The molecular formula is C19H22N2O4. The average Bonchev–Trinajstić information content (AvgIpc) is 2.97. The van der Waals surface area contributed by atoms with E-state index in [-0.39, 0.29) is 25.1 Å². The Morgan fingerprint density at radius 2 is 2.04 bits per heavy atom. The Morgan fingerprint density at radius 3 is 2.76 bits per heavy atom. The number of carbonyl (C=O) groups is 1. The summed E-state index contributed by atoms with van der Waals surface area (Å²) in [6, 6.07) is 11.3. The molecule has 0 saturated carbocycles. The van der Waals surface area contributed by atoms with Gasteiger partial charge in [0.15, 0.2) is 0 Å². The molecule has 0 aliphatic carbocycles. The van der Waals surface area contributed by atoms with Crippen molar-refractivity contribution in [3.63, 3.8) is 0 Å². The smallest absolute Gasteiger partial charge is 0.238 e. The molecule has 1 atom stereocenters. The zero-order valence-electron chi connectivity index (χ0n) is 14.6. The maximum absolute atomic E-state index is 12.3. The molecule has 25 heavy (non-hydrogen) atoms. The molecule has 132 valence electrons. The summed E-state index contributed by atoms with van der Waals surface area (Å²) in [6.07, 6.45) is 0. The summed E-state index contributed by atoms with van der Waals surface area (Å²) < 4.78 is 11.3. The molecule has 0 saturated heterocycles. The van der Waals surface area contributed by atoms with E-state index in [1.165, 1.54) is 0 Å². The van der Waals surface area contributed by atoms with Crippen molar-refractivity contribution in [3.8, 4) is 5.75 Å². The molecule has 0 bridgehead atoms. The van der Waals surface area contributed by atoms with Crippen molar-refractivity contribution in [1.29, 1.82) is 0 Å². The van der Waals surface area contributed by atoms with Crippen molar-refractivity contribution in [2.75, 3.05) is 32.6 Å². The predicted molar refractivity (Wildman–Crippen MR) is 98.1 cm³/mol. The van der Waals surface area contributed by atoms with Crippen LogP contribution in [0.1, 0.15) is 6.92 Å². The van der Waals surface area contributed by atoms with Gasteiger partial charge in [-0.25, -0.2) is 0 Å². The molecule has 2 N–H and O–H groups in total. The number of carbonyl (C=O) groups excluding carboxylic acids is 1. The molecule has 0 fully saturated rings. The molecule has 1 unspecified atom stereocenters. The first-order valence-electron chi connectivity index (χ1n) is 8.13. The SMILES string of the molecule is COc1cc2c(cc1NC(=O)CN(C)C(C)CO)oc1ccccc12. The van der Waals surface area contributed by atoms with Crippen LogP contribution in [0.2, 0.25) is 0 Å². The van der Waals surface area contributed by atoms with Crippen molar-refractivity contribution in [2.24, 2.45) is 0 Å². The van der Waals surface area contributed by atoms with E-state index < -0.39 is 0 Å². The van der Waals surface area contributed by atoms with E-state index in [0.29, 0.717) is 17.0 Å². The Bertz CT molecular complexity index is 903. The highest BCUT2D eigenvalue weighted by Gasteiger charge is 2.16. The molecule has 0 aliphatic rings. The van der Waals surface area contributed by atoms with E-state index in [4.69, 9.17) is 9.15 Å². The van der Waals surface area contributed by atoms with Crippen LogP contribution in [-0.2, 0) is 4.79 Å². The number of furan rings is 1. The minimum atomic E-state index is -0.184. The number of fused-ring (bicyclic) bond motifs is 3. The third-order valence-corrected chi connectivity index (χ3v) is 4.38. The highest BCUT2D eigenvalue weighted by Crippen LogP contribution is 2.36. The van der Waals surface area contributed by atoms with Crippen LogP contribution in [0, 0.1) is 0 Å². The molecule has 2 aromatic carbocycles. The fraction of sp³-hybridized carbons (Fsp3) is 0.316. The zero-order valence-corrected chi connectivity index (χ0v) is 14.6. The van der Waals surface area contributed by atoms with E-state index >= 15 is 0 Å². The number of para-hydroxylation sites is 1. The number of likely N-dealkylation sites (N-methyl/N-ethyl adjacent to an activating group) is 1. The van der Waals surface area contributed by atoms with Gasteiger partial charge in [0.25, 0.3) is 0 Å². The molecule has 1 amide bonds. The maximum Gasteiger partial charge on any atom is 0.238 e. The van der Waals surface area contributed by atoms with E-state index in [1.54, 1.807) is 25.1 Å². The number of rotatable bonds is 6. The first-order chi connectivity index (χ1) is 12.0. The van der Waals surface area contributed by atoms with Crippen molar-refractivity contribution >= 4 is 33.5 Å². The van der Waals surface area contributed by atoms with Crippen LogP contribution in [0.25, 0.3) is 21.9 Å². The van der Waals surface area contributed by atoms with Crippen LogP contribution >= 0.6 is 0 Å². The van der Waals surface area contributed by atoms with Crippen molar-refractivity contribution in [1.82, 2.24) is 4.90 Å². The fourth-order valence-electron chi connectivity index (χ4n) is 2.73. The number of nitrogens with zero attached hydrogens (tertiary/aromatic N) is 1. The van der Waals surface area contributed by atoms with Crippen LogP contribution in [0.3, 0.4) is 0 Å². The topological polar surface area (TPSA) is 74.9 Å². The first kappa shape index (κ1) is 17.3. The molecule has 0 spiro atoms. The molecule has 6 heteroatoms. The van der Waals surface area contributed by atoms with Gasteiger partial charge in [0.05, 0.1) is 25.9 Å². The molecule has 1 aromatic heterocycles. The summed E-state index contributed by atoms with van der Waals surface area (Å²) in [5, 5.41) is 14.0. The highest BCUT2D eigenvalue weighted by atomic mass is 16.5. The third-order valence-electron chi connectivity index (χ3n) is 4.38. The monoisotopic (exact) mass is 342 g/mol. The quantitative estimate of drug-likeness (QED) is 0.720. The van der Waals surface area contributed by atoms with Gasteiger partial charge in [-0.2, -0.15) is 0 Å². The zero-order chi connectivity index (χ0) is 18.0. The van der Waals surface area contributed by atoms with E-state index in [1.807, 2.05) is 37.3 Å². The average molecular weight is 342 g/mol. The number of methoxy groups -OCH3 is 1. The second kappa shape index (κ2) is 7.13. The molecule has 6 nitrogen and oxygen atoms in total. The Morgan fingerprint density at radius 1 is 1.28 bits per heavy atom. The van der Waals surface area contributed by atoms with Crippen LogP contribution in [0.5, 0.6) is 5.75 Å². The van der Waals surface area contributed by atoms with Crippen LogP contribution in [-0.4, -0.2) is 49.3 Å². The van der Waals surface area contributed by atoms with E-state index in [0.717, 1.165) is 16.4 Å². The predicted octanol–water partition coefficient (Wildman–Crippen LogP) is 2.85. The Kier molecular flexibility index (Phi) is 4.92. The van der Waals surface area contributed by atoms with E-state index in [2.05, 4.69) is 5.32 Å². The number of aliphatic hydroxyl groups excluding tert-OH is 1. The summed E-state index contributed by atoms with van der Waals surface area (Å²) in [7, 11) is 3.36. The minimum absolute atomic E-state index is 0.00194. The van der Waals surface area contributed by atoms with Crippen LogP contribution in [0.15, 0.2) is 40.8 Å².